The Labute approximate surface area is 126 Å². The van der Waals surface area contributed by atoms with Crippen LogP contribution in [0.3, 0.4) is 0 Å². The molecular formula is C15H14FN3O3. The summed E-state index contributed by atoms with van der Waals surface area (Å²) < 4.78 is 18.1. The second kappa shape index (κ2) is 5.25. The molecule has 0 bridgehead atoms. The smallest absolute Gasteiger partial charge is 0.332 e. The van der Waals surface area contributed by atoms with E-state index in [1.807, 2.05) is 0 Å². The third-order valence-corrected chi connectivity index (χ3v) is 3.54. The molecule has 114 valence electrons. The normalized spacial score (nSPS) is 18.4. The molecular weight excluding hydrogens is 289 g/mol. The molecule has 3 amide bonds. The number of aryl methyl sites for hydroxylation is 1. The first-order valence-corrected chi connectivity index (χ1v) is 6.79. The highest BCUT2D eigenvalue weighted by atomic mass is 19.1. The zero-order chi connectivity index (χ0) is 15.9. The van der Waals surface area contributed by atoms with E-state index in [4.69, 9.17) is 4.52 Å². The number of imide groups is 1. The van der Waals surface area contributed by atoms with Gasteiger partial charge >= 0.3 is 6.03 Å². The van der Waals surface area contributed by atoms with Crippen LogP contribution in [-0.2, 0) is 11.3 Å². The predicted molar refractivity (Wildman–Crippen MR) is 75.5 cm³/mol. The fraction of sp³-hybridized carbons (Fsp3) is 0.267. The van der Waals surface area contributed by atoms with Crippen LogP contribution >= 0.6 is 0 Å². The average Bonchev–Trinajstić information content (AvgIpc) is 2.98. The third kappa shape index (κ3) is 2.34. The molecule has 1 aliphatic heterocycles. The highest BCUT2D eigenvalue weighted by Crippen LogP contribution is 2.27. The molecule has 1 aromatic carbocycles. The Morgan fingerprint density at radius 1 is 1.27 bits per heavy atom. The molecule has 1 aliphatic rings. The average molecular weight is 303 g/mol. The van der Waals surface area contributed by atoms with Crippen LogP contribution in [0.1, 0.15) is 18.4 Å². The van der Waals surface area contributed by atoms with Crippen LogP contribution in [0.25, 0.3) is 0 Å². The van der Waals surface area contributed by atoms with Gasteiger partial charge in [0.1, 0.15) is 11.9 Å². The fourth-order valence-electron chi connectivity index (χ4n) is 2.45. The lowest BCUT2D eigenvalue weighted by Gasteiger charge is -2.19. The number of hydrogen-bond donors (Lipinski definition) is 0. The summed E-state index contributed by atoms with van der Waals surface area (Å²) in [6.45, 7) is 3.42. The number of halogens is 1. The highest BCUT2D eigenvalue weighted by molar-refractivity contribution is 6.13. The minimum atomic E-state index is -0.651. The van der Waals surface area contributed by atoms with Gasteiger partial charge < -0.3 is 4.52 Å². The van der Waals surface area contributed by atoms with Gasteiger partial charge in [-0.2, -0.15) is 0 Å². The standard InChI is InChI=1S/C15H14FN3O3/c1-9-7-13(22-17-9)8-18-14(20)10(2)19(15(18)21)12-5-3-11(16)4-6-12/h3-7,10H,8H2,1-2H3. The Bertz CT molecular complexity index is 726. The number of anilines is 1. The molecule has 0 aliphatic carbocycles. The first-order valence-electron chi connectivity index (χ1n) is 6.79. The summed E-state index contributed by atoms with van der Waals surface area (Å²) >= 11 is 0. The summed E-state index contributed by atoms with van der Waals surface area (Å²) in [4.78, 5) is 27.2. The SMILES string of the molecule is Cc1cc(CN2C(=O)C(C)N(c3ccc(F)cc3)C2=O)on1. The minimum absolute atomic E-state index is 0.0283. The molecule has 1 aromatic heterocycles. The van der Waals surface area contributed by atoms with E-state index in [9.17, 15) is 14.0 Å². The molecule has 0 radical (unpaired) electrons. The van der Waals surface area contributed by atoms with E-state index in [0.717, 1.165) is 4.90 Å². The number of nitrogens with zero attached hydrogens (tertiary/aromatic N) is 3. The van der Waals surface area contributed by atoms with E-state index in [2.05, 4.69) is 5.16 Å². The number of amides is 3. The summed E-state index contributed by atoms with van der Waals surface area (Å²) in [6, 6.07) is 6.01. The number of rotatable bonds is 3. The molecule has 2 heterocycles. The van der Waals surface area contributed by atoms with Crippen LogP contribution in [0.15, 0.2) is 34.9 Å². The summed E-state index contributed by atoms with van der Waals surface area (Å²) in [5, 5.41) is 3.74. The van der Waals surface area contributed by atoms with Crippen LogP contribution < -0.4 is 4.90 Å². The molecule has 22 heavy (non-hydrogen) atoms. The van der Waals surface area contributed by atoms with E-state index in [-0.39, 0.29) is 12.5 Å². The predicted octanol–water partition coefficient (Wildman–Crippen LogP) is 2.48. The van der Waals surface area contributed by atoms with E-state index in [1.165, 1.54) is 29.2 Å². The number of hydrogen-bond acceptors (Lipinski definition) is 4. The van der Waals surface area contributed by atoms with Crippen molar-refractivity contribution in [1.82, 2.24) is 10.1 Å². The van der Waals surface area contributed by atoms with Crippen LogP contribution in [-0.4, -0.2) is 28.0 Å². The number of carbonyl (C=O) groups is 2. The fourth-order valence-corrected chi connectivity index (χ4v) is 2.45. The zero-order valence-corrected chi connectivity index (χ0v) is 12.1. The van der Waals surface area contributed by atoms with E-state index < -0.39 is 17.9 Å². The first-order chi connectivity index (χ1) is 10.5. The van der Waals surface area contributed by atoms with Gasteiger partial charge in [0, 0.05) is 11.8 Å². The number of benzene rings is 1. The Morgan fingerprint density at radius 3 is 2.55 bits per heavy atom. The number of carbonyl (C=O) groups excluding carboxylic acids is 2. The van der Waals surface area contributed by atoms with Gasteiger partial charge in [-0.05, 0) is 38.1 Å². The van der Waals surface area contributed by atoms with Crippen LogP contribution in [0.5, 0.6) is 0 Å². The largest absolute Gasteiger partial charge is 0.359 e. The van der Waals surface area contributed by atoms with Gasteiger partial charge in [0.25, 0.3) is 5.91 Å². The molecule has 1 saturated heterocycles. The summed E-state index contributed by atoms with van der Waals surface area (Å²) in [6.07, 6.45) is 0. The van der Waals surface area contributed by atoms with Gasteiger partial charge in [-0.15, -0.1) is 0 Å². The lowest BCUT2D eigenvalue weighted by molar-refractivity contribution is -0.127. The molecule has 1 atom stereocenters. The molecule has 0 saturated carbocycles. The van der Waals surface area contributed by atoms with Crippen molar-refractivity contribution in [2.45, 2.75) is 26.4 Å². The van der Waals surface area contributed by atoms with Crippen LogP contribution in [0.2, 0.25) is 0 Å². The van der Waals surface area contributed by atoms with Crippen molar-refractivity contribution in [1.29, 1.82) is 0 Å². The molecule has 6 nitrogen and oxygen atoms in total. The highest BCUT2D eigenvalue weighted by Gasteiger charge is 2.43. The summed E-state index contributed by atoms with van der Waals surface area (Å²) in [5.74, 6) is -0.292. The topological polar surface area (TPSA) is 66.7 Å². The number of aromatic nitrogens is 1. The molecule has 7 heteroatoms. The van der Waals surface area contributed by atoms with Gasteiger partial charge in [-0.1, -0.05) is 5.16 Å². The molecule has 2 aromatic rings. The molecule has 3 rings (SSSR count). The maximum atomic E-state index is 13.0. The van der Waals surface area contributed by atoms with Gasteiger partial charge in [-0.3, -0.25) is 14.6 Å². The van der Waals surface area contributed by atoms with Crippen molar-refractivity contribution >= 4 is 17.6 Å². The van der Waals surface area contributed by atoms with Crippen LogP contribution in [0.4, 0.5) is 14.9 Å². The maximum absolute atomic E-state index is 13.0. The number of urea groups is 1. The van der Waals surface area contributed by atoms with Gasteiger partial charge in [0.15, 0.2) is 5.76 Å². The van der Waals surface area contributed by atoms with Crippen molar-refractivity contribution in [3.8, 4) is 0 Å². The molecule has 1 unspecified atom stereocenters. The minimum Gasteiger partial charge on any atom is -0.359 e. The lowest BCUT2D eigenvalue weighted by Crippen LogP contribution is -2.33. The Kier molecular flexibility index (Phi) is 3.40. The van der Waals surface area contributed by atoms with E-state index in [0.29, 0.717) is 17.1 Å². The lowest BCUT2D eigenvalue weighted by atomic mass is 10.2. The molecule has 1 fully saturated rings. The molecule has 0 spiro atoms. The third-order valence-electron chi connectivity index (χ3n) is 3.54. The molecule has 0 N–H and O–H groups in total. The zero-order valence-electron chi connectivity index (χ0n) is 12.1. The van der Waals surface area contributed by atoms with Gasteiger partial charge in [-0.25, -0.2) is 9.18 Å². The van der Waals surface area contributed by atoms with Crippen molar-refractivity contribution in [2.75, 3.05) is 4.90 Å². The monoisotopic (exact) mass is 303 g/mol. The second-order valence-corrected chi connectivity index (χ2v) is 5.16. The van der Waals surface area contributed by atoms with Crippen LogP contribution in [0, 0.1) is 12.7 Å². The van der Waals surface area contributed by atoms with Crippen molar-refractivity contribution < 1.29 is 18.5 Å². The van der Waals surface area contributed by atoms with Crippen molar-refractivity contribution in [3.63, 3.8) is 0 Å². The van der Waals surface area contributed by atoms with E-state index >= 15 is 0 Å². The van der Waals surface area contributed by atoms with E-state index in [1.54, 1.807) is 19.9 Å². The Hall–Kier alpha value is -2.70. The summed E-state index contributed by atoms with van der Waals surface area (Å²) in [5.41, 5.74) is 1.15. The van der Waals surface area contributed by atoms with Gasteiger partial charge in [0.05, 0.1) is 12.2 Å². The quantitative estimate of drug-likeness (QED) is 0.817. The van der Waals surface area contributed by atoms with Crippen molar-refractivity contribution in [3.05, 3.63) is 47.6 Å². The van der Waals surface area contributed by atoms with Crippen molar-refractivity contribution in [2.24, 2.45) is 0 Å². The maximum Gasteiger partial charge on any atom is 0.332 e. The first kappa shape index (κ1) is 14.2. The summed E-state index contributed by atoms with van der Waals surface area (Å²) in [7, 11) is 0. The van der Waals surface area contributed by atoms with Gasteiger partial charge in [0.2, 0.25) is 0 Å². The second-order valence-electron chi connectivity index (χ2n) is 5.16. The Balaban J connectivity index is 1.87. The Morgan fingerprint density at radius 2 is 1.95 bits per heavy atom.